The number of carbonyl (C=O) groups is 1. The molecule has 1 atom stereocenters. The lowest BCUT2D eigenvalue weighted by molar-refractivity contribution is -0.384. The van der Waals surface area contributed by atoms with Gasteiger partial charge in [0.05, 0.1) is 18.1 Å². The van der Waals surface area contributed by atoms with Gasteiger partial charge in [-0.3, -0.25) is 14.9 Å². The number of nitro groups is 1. The largest absolute Gasteiger partial charge is 0.497 e. The van der Waals surface area contributed by atoms with Crippen molar-refractivity contribution in [1.29, 1.82) is 0 Å². The Hall–Kier alpha value is -3.19. The van der Waals surface area contributed by atoms with Crippen LogP contribution >= 0.6 is 15.9 Å². The van der Waals surface area contributed by atoms with Crippen molar-refractivity contribution < 1.29 is 14.5 Å². The molecular weight excluding hydrogens is 436 g/mol. The summed E-state index contributed by atoms with van der Waals surface area (Å²) in [6.07, 6.45) is 0.191. The van der Waals surface area contributed by atoms with Crippen LogP contribution in [-0.4, -0.2) is 17.8 Å². The molecule has 0 aliphatic carbocycles. The number of nitro benzene ring substituents is 1. The molecule has 0 saturated carbocycles. The van der Waals surface area contributed by atoms with E-state index in [9.17, 15) is 14.9 Å². The molecule has 29 heavy (non-hydrogen) atoms. The molecule has 148 valence electrons. The highest BCUT2D eigenvalue weighted by molar-refractivity contribution is 9.10. The molecule has 0 fully saturated rings. The van der Waals surface area contributed by atoms with Gasteiger partial charge < -0.3 is 10.1 Å². The number of benzene rings is 3. The molecule has 0 amide bonds. The van der Waals surface area contributed by atoms with E-state index in [0.717, 1.165) is 10.0 Å². The lowest BCUT2D eigenvalue weighted by Gasteiger charge is -2.20. The lowest BCUT2D eigenvalue weighted by Crippen LogP contribution is -2.16. The number of hydrogen-bond acceptors (Lipinski definition) is 5. The fraction of sp³-hybridized carbons (Fsp3) is 0.136. The normalized spacial score (nSPS) is 11.5. The van der Waals surface area contributed by atoms with E-state index in [1.54, 1.807) is 31.4 Å². The molecule has 3 aromatic rings. The average molecular weight is 455 g/mol. The molecule has 0 spiro atoms. The molecule has 0 radical (unpaired) electrons. The highest BCUT2D eigenvalue weighted by atomic mass is 79.9. The maximum absolute atomic E-state index is 12.8. The quantitative estimate of drug-likeness (QED) is 0.264. The number of Topliss-reactive ketones (excluding diaryl/α,β-unsaturated/α-hetero) is 1. The predicted molar refractivity (Wildman–Crippen MR) is 116 cm³/mol. The first kappa shape index (κ1) is 20.5. The van der Waals surface area contributed by atoms with E-state index >= 15 is 0 Å². The van der Waals surface area contributed by atoms with Gasteiger partial charge in [-0.2, -0.15) is 0 Å². The van der Waals surface area contributed by atoms with Crippen LogP contribution in [0, 0.1) is 10.1 Å². The summed E-state index contributed by atoms with van der Waals surface area (Å²) < 4.78 is 6.10. The van der Waals surface area contributed by atoms with Crippen molar-refractivity contribution in [3.05, 3.63) is 98.5 Å². The van der Waals surface area contributed by atoms with E-state index in [2.05, 4.69) is 21.2 Å². The highest BCUT2D eigenvalue weighted by Crippen LogP contribution is 2.28. The Kier molecular flexibility index (Phi) is 6.61. The molecule has 3 aromatic carbocycles. The molecule has 0 aromatic heterocycles. The van der Waals surface area contributed by atoms with Gasteiger partial charge in [0.2, 0.25) is 0 Å². The van der Waals surface area contributed by atoms with Gasteiger partial charge in [0.15, 0.2) is 5.78 Å². The molecule has 1 N–H and O–H groups in total. The van der Waals surface area contributed by atoms with E-state index in [1.165, 1.54) is 12.1 Å². The Morgan fingerprint density at radius 3 is 2.41 bits per heavy atom. The zero-order chi connectivity index (χ0) is 20.8. The maximum Gasteiger partial charge on any atom is 0.271 e. The van der Waals surface area contributed by atoms with Crippen LogP contribution in [0.15, 0.2) is 77.3 Å². The fourth-order valence-electron chi connectivity index (χ4n) is 2.94. The standard InChI is InChI=1S/C22H19BrN2O4/c1-29-20-11-7-15(8-12-20)21(14-22(26)16-5-9-17(23)10-6-16)24-18-3-2-4-19(13-18)25(27)28/h2-13,21,24H,14H2,1H3. The van der Waals surface area contributed by atoms with Gasteiger partial charge in [0, 0.05) is 34.3 Å². The van der Waals surface area contributed by atoms with Crippen molar-refractivity contribution in [2.45, 2.75) is 12.5 Å². The number of methoxy groups -OCH3 is 1. The van der Waals surface area contributed by atoms with Crippen LogP contribution in [0.25, 0.3) is 0 Å². The predicted octanol–water partition coefficient (Wildman–Crippen LogP) is 5.79. The third-order valence-corrected chi connectivity index (χ3v) is 5.00. The van der Waals surface area contributed by atoms with Gasteiger partial charge in [-0.05, 0) is 35.9 Å². The van der Waals surface area contributed by atoms with E-state index in [-0.39, 0.29) is 23.9 Å². The summed E-state index contributed by atoms with van der Waals surface area (Å²) in [5, 5.41) is 14.3. The molecule has 0 saturated heterocycles. The van der Waals surface area contributed by atoms with Crippen LogP contribution in [0.2, 0.25) is 0 Å². The van der Waals surface area contributed by atoms with E-state index < -0.39 is 4.92 Å². The first-order chi connectivity index (χ1) is 14.0. The molecular formula is C22H19BrN2O4. The molecule has 0 bridgehead atoms. The number of anilines is 1. The Morgan fingerprint density at radius 1 is 1.10 bits per heavy atom. The smallest absolute Gasteiger partial charge is 0.271 e. The van der Waals surface area contributed by atoms with Crippen molar-refractivity contribution in [2.24, 2.45) is 0 Å². The lowest BCUT2D eigenvalue weighted by atomic mass is 9.97. The van der Waals surface area contributed by atoms with Gasteiger partial charge in [0.1, 0.15) is 5.75 Å². The summed E-state index contributed by atoms with van der Waals surface area (Å²) in [4.78, 5) is 23.5. The summed E-state index contributed by atoms with van der Waals surface area (Å²) in [5.74, 6) is 0.679. The van der Waals surface area contributed by atoms with E-state index in [0.29, 0.717) is 17.0 Å². The Bertz CT molecular complexity index is 1000. The first-order valence-electron chi connectivity index (χ1n) is 8.90. The fourth-order valence-corrected chi connectivity index (χ4v) is 3.20. The third kappa shape index (κ3) is 5.42. The second-order valence-corrected chi connectivity index (χ2v) is 7.33. The Morgan fingerprint density at radius 2 is 1.79 bits per heavy atom. The monoisotopic (exact) mass is 454 g/mol. The number of non-ortho nitro benzene ring substituents is 1. The molecule has 3 rings (SSSR count). The minimum atomic E-state index is -0.444. The minimum Gasteiger partial charge on any atom is -0.497 e. The Labute approximate surface area is 176 Å². The number of nitrogens with zero attached hydrogens (tertiary/aromatic N) is 1. The molecule has 7 heteroatoms. The van der Waals surface area contributed by atoms with Crippen LogP contribution in [0.4, 0.5) is 11.4 Å². The van der Waals surface area contributed by atoms with Crippen LogP contribution in [0.1, 0.15) is 28.4 Å². The zero-order valence-corrected chi connectivity index (χ0v) is 17.3. The van der Waals surface area contributed by atoms with Crippen molar-refractivity contribution in [1.82, 2.24) is 0 Å². The summed E-state index contributed by atoms with van der Waals surface area (Å²) in [5.41, 5.74) is 2.04. The zero-order valence-electron chi connectivity index (χ0n) is 15.7. The van der Waals surface area contributed by atoms with Gasteiger partial charge in [-0.15, -0.1) is 0 Å². The van der Waals surface area contributed by atoms with Gasteiger partial charge in [-0.1, -0.05) is 46.3 Å². The Balaban J connectivity index is 1.88. The van der Waals surface area contributed by atoms with E-state index in [1.807, 2.05) is 36.4 Å². The summed E-state index contributed by atoms with van der Waals surface area (Å²) in [6, 6.07) is 20.5. The van der Waals surface area contributed by atoms with Crippen LogP contribution in [0.3, 0.4) is 0 Å². The van der Waals surface area contributed by atoms with Crippen molar-refractivity contribution >= 4 is 33.1 Å². The van der Waals surface area contributed by atoms with Crippen molar-refractivity contribution in [3.8, 4) is 5.75 Å². The van der Waals surface area contributed by atoms with E-state index in [4.69, 9.17) is 4.74 Å². The molecule has 1 unspecified atom stereocenters. The first-order valence-corrected chi connectivity index (χ1v) is 9.69. The third-order valence-electron chi connectivity index (χ3n) is 4.47. The summed E-state index contributed by atoms with van der Waals surface area (Å²) in [7, 11) is 1.59. The molecule has 6 nitrogen and oxygen atoms in total. The van der Waals surface area contributed by atoms with Gasteiger partial charge >= 0.3 is 0 Å². The average Bonchev–Trinajstić information content (AvgIpc) is 2.74. The number of hydrogen-bond donors (Lipinski definition) is 1. The topological polar surface area (TPSA) is 81.5 Å². The summed E-state index contributed by atoms with van der Waals surface area (Å²) >= 11 is 3.37. The van der Waals surface area contributed by atoms with Crippen molar-refractivity contribution in [2.75, 3.05) is 12.4 Å². The number of nitrogens with one attached hydrogen (secondary N) is 1. The van der Waals surface area contributed by atoms with Gasteiger partial charge in [-0.25, -0.2) is 0 Å². The second kappa shape index (κ2) is 9.34. The highest BCUT2D eigenvalue weighted by Gasteiger charge is 2.18. The number of rotatable bonds is 8. The van der Waals surface area contributed by atoms with Crippen LogP contribution in [0.5, 0.6) is 5.75 Å². The number of ketones is 1. The van der Waals surface area contributed by atoms with Crippen LogP contribution < -0.4 is 10.1 Å². The summed E-state index contributed by atoms with van der Waals surface area (Å²) in [6.45, 7) is 0. The second-order valence-electron chi connectivity index (χ2n) is 6.41. The molecule has 0 heterocycles. The minimum absolute atomic E-state index is 0.0114. The maximum atomic E-state index is 12.8. The molecule has 0 aliphatic rings. The molecule has 0 aliphatic heterocycles. The van der Waals surface area contributed by atoms with Gasteiger partial charge in [0.25, 0.3) is 5.69 Å². The van der Waals surface area contributed by atoms with Crippen molar-refractivity contribution in [3.63, 3.8) is 0 Å². The number of ether oxygens (including phenoxy) is 1. The SMILES string of the molecule is COc1ccc(C(CC(=O)c2ccc(Br)cc2)Nc2cccc([N+](=O)[O-])c2)cc1. The van der Waals surface area contributed by atoms with Crippen LogP contribution in [-0.2, 0) is 0 Å². The number of carbonyl (C=O) groups excluding carboxylic acids is 1. The number of halogens is 1.